The van der Waals surface area contributed by atoms with Crippen LogP contribution in [0.25, 0.3) is 5.69 Å². The number of halogens is 1. The highest BCUT2D eigenvalue weighted by atomic mass is 127. The number of hydrogen-bond acceptors (Lipinski definition) is 4. The Balaban J connectivity index is 0.00000272. The lowest BCUT2D eigenvalue weighted by Crippen LogP contribution is -2.46. The Labute approximate surface area is 203 Å². The molecule has 4 rings (SSSR count). The molecule has 2 N–H and O–H groups in total. The summed E-state index contributed by atoms with van der Waals surface area (Å²) in [5.74, 6) is 0.744. The van der Waals surface area contributed by atoms with Gasteiger partial charge in [-0.25, -0.2) is 4.68 Å². The van der Waals surface area contributed by atoms with Crippen molar-refractivity contribution in [1.29, 1.82) is 0 Å². The normalized spacial score (nSPS) is 13.3. The molecule has 0 unspecified atom stereocenters. The van der Waals surface area contributed by atoms with E-state index in [9.17, 15) is 4.79 Å². The summed E-state index contributed by atoms with van der Waals surface area (Å²) in [4.78, 5) is 20.1. The van der Waals surface area contributed by atoms with Crippen molar-refractivity contribution in [3.63, 3.8) is 0 Å². The third-order valence-electron chi connectivity index (χ3n) is 5.20. The maximum absolute atomic E-state index is 12.6. The van der Waals surface area contributed by atoms with Crippen LogP contribution in [0.15, 0.2) is 59.2 Å². The average Bonchev–Trinajstić information content (AvgIpc) is 3.48. The maximum atomic E-state index is 12.6. The standard InChI is InChI=1S/C22H26N6OS.HI/c1-23-22(25-15-21(29)27-13-8-20-18(16-27)9-14-30-20)24-11-7-17-3-5-19(6-4-17)28-12-2-10-26-28;/h2-6,9-10,12,14H,7-8,11,13,15-16H2,1H3,(H2,23,24,25);1H. The zero-order valence-corrected chi connectivity index (χ0v) is 20.6. The first kappa shape index (κ1) is 23.3. The molecular formula is C22H27IN6OS. The molecule has 3 heterocycles. The number of fused-ring (bicyclic) bond motifs is 1. The van der Waals surface area contributed by atoms with Crippen LogP contribution in [0.4, 0.5) is 0 Å². The number of aromatic nitrogens is 2. The van der Waals surface area contributed by atoms with Crippen LogP contribution in [0.2, 0.25) is 0 Å². The second-order valence-electron chi connectivity index (χ2n) is 7.15. The van der Waals surface area contributed by atoms with Crippen molar-refractivity contribution in [2.75, 3.05) is 26.7 Å². The zero-order valence-electron chi connectivity index (χ0n) is 17.5. The van der Waals surface area contributed by atoms with Crippen molar-refractivity contribution >= 4 is 47.2 Å². The molecule has 0 bridgehead atoms. The molecule has 0 aliphatic carbocycles. The van der Waals surface area contributed by atoms with Gasteiger partial charge in [0.15, 0.2) is 5.96 Å². The molecule has 0 atom stereocenters. The Kier molecular flexibility index (Phi) is 8.47. The molecule has 2 aromatic heterocycles. The quantitative estimate of drug-likeness (QED) is 0.281. The molecule has 0 fully saturated rings. The molecule has 31 heavy (non-hydrogen) atoms. The molecule has 3 aromatic rings. The molecule has 164 valence electrons. The smallest absolute Gasteiger partial charge is 0.242 e. The Bertz CT molecular complexity index is 999. The van der Waals surface area contributed by atoms with E-state index in [1.807, 2.05) is 21.8 Å². The molecule has 1 aliphatic rings. The Morgan fingerprint density at radius 3 is 2.81 bits per heavy atom. The van der Waals surface area contributed by atoms with Crippen molar-refractivity contribution in [3.05, 3.63) is 70.2 Å². The molecule has 1 aliphatic heterocycles. The van der Waals surface area contributed by atoms with E-state index in [1.165, 1.54) is 16.0 Å². The maximum Gasteiger partial charge on any atom is 0.242 e. The fraction of sp³-hybridized carbons (Fsp3) is 0.318. The lowest BCUT2D eigenvalue weighted by molar-refractivity contribution is -0.130. The number of carbonyl (C=O) groups is 1. The summed E-state index contributed by atoms with van der Waals surface area (Å²) >= 11 is 1.78. The highest BCUT2D eigenvalue weighted by Gasteiger charge is 2.21. The number of thiophene rings is 1. The number of amides is 1. The summed E-state index contributed by atoms with van der Waals surface area (Å²) in [6.07, 6.45) is 5.51. The lowest BCUT2D eigenvalue weighted by Gasteiger charge is -2.27. The number of carbonyl (C=O) groups excluding carboxylic acids is 1. The van der Waals surface area contributed by atoms with Gasteiger partial charge in [-0.3, -0.25) is 9.79 Å². The zero-order chi connectivity index (χ0) is 20.8. The Morgan fingerprint density at radius 2 is 2.06 bits per heavy atom. The summed E-state index contributed by atoms with van der Waals surface area (Å²) in [6, 6.07) is 12.4. The fourth-order valence-corrected chi connectivity index (χ4v) is 4.40. The van der Waals surface area contributed by atoms with Gasteiger partial charge in [-0.1, -0.05) is 12.1 Å². The van der Waals surface area contributed by atoms with Crippen molar-refractivity contribution in [2.45, 2.75) is 19.4 Å². The van der Waals surface area contributed by atoms with Gasteiger partial charge in [-0.15, -0.1) is 35.3 Å². The first-order chi connectivity index (χ1) is 14.7. The summed E-state index contributed by atoms with van der Waals surface area (Å²) in [6.45, 7) is 2.48. The Morgan fingerprint density at radius 1 is 1.23 bits per heavy atom. The molecule has 9 heteroatoms. The van der Waals surface area contributed by atoms with Crippen LogP contribution in [-0.2, 0) is 24.2 Å². The number of nitrogens with zero attached hydrogens (tertiary/aromatic N) is 4. The van der Waals surface area contributed by atoms with Gasteiger partial charge in [0.2, 0.25) is 5.91 Å². The molecule has 0 spiro atoms. The number of benzene rings is 1. The predicted molar refractivity (Wildman–Crippen MR) is 135 cm³/mol. The van der Waals surface area contributed by atoms with Gasteiger partial charge < -0.3 is 15.5 Å². The highest BCUT2D eigenvalue weighted by Crippen LogP contribution is 2.23. The summed E-state index contributed by atoms with van der Waals surface area (Å²) < 4.78 is 1.84. The van der Waals surface area contributed by atoms with E-state index < -0.39 is 0 Å². The minimum absolute atomic E-state index is 0. The van der Waals surface area contributed by atoms with Crippen LogP contribution in [0.3, 0.4) is 0 Å². The van der Waals surface area contributed by atoms with E-state index in [0.717, 1.165) is 31.6 Å². The van der Waals surface area contributed by atoms with Gasteiger partial charge in [0.05, 0.1) is 12.2 Å². The van der Waals surface area contributed by atoms with Crippen LogP contribution < -0.4 is 10.6 Å². The molecule has 1 amide bonds. The van der Waals surface area contributed by atoms with Gasteiger partial charge in [0, 0.05) is 44.0 Å². The fourth-order valence-electron chi connectivity index (χ4n) is 3.52. The number of nitrogens with one attached hydrogen (secondary N) is 2. The SMILES string of the molecule is CN=C(NCCc1ccc(-n2cccn2)cc1)NCC(=O)N1CCc2sccc2C1.I. The number of hydrogen-bond donors (Lipinski definition) is 2. The summed E-state index contributed by atoms with van der Waals surface area (Å²) in [5, 5.41) is 12.8. The van der Waals surface area contributed by atoms with Gasteiger partial charge in [0.25, 0.3) is 0 Å². The minimum atomic E-state index is 0. The second-order valence-corrected chi connectivity index (χ2v) is 8.15. The minimum Gasteiger partial charge on any atom is -0.356 e. The van der Waals surface area contributed by atoms with Crippen molar-refractivity contribution < 1.29 is 4.79 Å². The van der Waals surface area contributed by atoms with E-state index in [0.29, 0.717) is 12.5 Å². The van der Waals surface area contributed by atoms with E-state index in [1.54, 1.807) is 24.6 Å². The summed E-state index contributed by atoms with van der Waals surface area (Å²) in [5.41, 5.74) is 3.55. The average molecular weight is 550 g/mol. The first-order valence-corrected chi connectivity index (χ1v) is 11.0. The number of rotatable bonds is 6. The van der Waals surface area contributed by atoms with Crippen molar-refractivity contribution in [2.24, 2.45) is 4.99 Å². The molecular weight excluding hydrogens is 523 g/mol. The molecule has 0 radical (unpaired) electrons. The molecule has 1 aromatic carbocycles. The van der Waals surface area contributed by atoms with E-state index in [2.05, 4.69) is 56.4 Å². The number of aliphatic imine (C=N–C) groups is 1. The van der Waals surface area contributed by atoms with Crippen LogP contribution >= 0.6 is 35.3 Å². The van der Waals surface area contributed by atoms with Gasteiger partial charge in [0.1, 0.15) is 0 Å². The van der Waals surface area contributed by atoms with Crippen LogP contribution in [-0.4, -0.2) is 53.2 Å². The lowest BCUT2D eigenvalue weighted by atomic mass is 10.1. The van der Waals surface area contributed by atoms with Crippen LogP contribution in [0.5, 0.6) is 0 Å². The molecule has 0 saturated carbocycles. The monoisotopic (exact) mass is 550 g/mol. The van der Waals surface area contributed by atoms with E-state index in [4.69, 9.17) is 0 Å². The first-order valence-electron chi connectivity index (χ1n) is 10.1. The topological polar surface area (TPSA) is 74.5 Å². The van der Waals surface area contributed by atoms with Gasteiger partial charge in [-0.05, 0) is 53.6 Å². The van der Waals surface area contributed by atoms with E-state index in [-0.39, 0.29) is 36.4 Å². The predicted octanol–water partition coefficient (Wildman–Crippen LogP) is 2.84. The van der Waals surface area contributed by atoms with Crippen LogP contribution in [0.1, 0.15) is 16.0 Å². The number of guanidine groups is 1. The third kappa shape index (κ3) is 6.07. The van der Waals surface area contributed by atoms with Crippen molar-refractivity contribution in [3.8, 4) is 5.69 Å². The van der Waals surface area contributed by atoms with E-state index >= 15 is 0 Å². The van der Waals surface area contributed by atoms with Gasteiger partial charge >= 0.3 is 0 Å². The van der Waals surface area contributed by atoms with Crippen molar-refractivity contribution in [1.82, 2.24) is 25.3 Å². The van der Waals surface area contributed by atoms with Gasteiger partial charge in [-0.2, -0.15) is 5.10 Å². The summed E-state index contributed by atoms with van der Waals surface area (Å²) in [7, 11) is 1.72. The third-order valence-corrected chi connectivity index (χ3v) is 6.23. The highest BCUT2D eigenvalue weighted by molar-refractivity contribution is 14.0. The Hall–Kier alpha value is -2.40. The molecule has 0 saturated heterocycles. The second kappa shape index (κ2) is 11.3. The molecule has 7 nitrogen and oxygen atoms in total. The van der Waals surface area contributed by atoms with Crippen LogP contribution in [0, 0.1) is 0 Å². The largest absolute Gasteiger partial charge is 0.356 e.